The van der Waals surface area contributed by atoms with E-state index < -0.39 is 32.4 Å². The fourth-order valence-electron chi connectivity index (χ4n) is 1.95. The number of carbonyl (C=O) groups excluding carboxylic acids is 1. The Morgan fingerprint density at radius 3 is 2.76 bits per heavy atom. The lowest BCUT2D eigenvalue weighted by Crippen LogP contribution is -2.41. The number of aliphatic hydroxyl groups is 1. The Labute approximate surface area is 130 Å². The first-order valence-corrected chi connectivity index (χ1v) is 8.91. The summed E-state index contributed by atoms with van der Waals surface area (Å²) >= 11 is 5.72. The Bertz CT molecular complexity index is 553. The van der Waals surface area contributed by atoms with Gasteiger partial charge in [-0.15, -0.1) is 18.2 Å². The minimum absolute atomic E-state index is 0.229. The van der Waals surface area contributed by atoms with Crippen molar-refractivity contribution in [1.29, 1.82) is 0 Å². The van der Waals surface area contributed by atoms with Crippen molar-refractivity contribution in [2.45, 2.75) is 29.5 Å². The number of halogens is 1. The van der Waals surface area contributed by atoms with Crippen LogP contribution in [0.2, 0.25) is 0 Å². The third-order valence-corrected chi connectivity index (χ3v) is 5.02. The van der Waals surface area contributed by atoms with Gasteiger partial charge in [0.25, 0.3) is 0 Å². The van der Waals surface area contributed by atoms with Gasteiger partial charge in [-0.3, -0.25) is 4.79 Å². The van der Waals surface area contributed by atoms with E-state index in [2.05, 4.69) is 11.9 Å². The Morgan fingerprint density at radius 2 is 2.33 bits per heavy atom. The van der Waals surface area contributed by atoms with Crippen molar-refractivity contribution in [3.63, 3.8) is 0 Å². The number of amides is 1. The van der Waals surface area contributed by atoms with E-state index in [0.717, 1.165) is 5.57 Å². The molecule has 0 radical (unpaired) electrons. The van der Waals surface area contributed by atoms with Crippen molar-refractivity contribution >= 4 is 27.3 Å². The van der Waals surface area contributed by atoms with Gasteiger partial charge in [0.2, 0.25) is 5.91 Å². The normalized spacial score (nSPS) is 21.3. The maximum Gasteiger partial charge on any atom is 0.242 e. The summed E-state index contributed by atoms with van der Waals surface area (Å²) in [4.78, 5) is 11.6. The van der Waals surface area contributed by atoms with E-state index in [9.17, 15) is 18.3 Å². The third-order valence-electron chi connectivity index (χ3n) is 3.19. The van der Waals surface area contributed by atoms with Crippen LogP contribution in [0.25, 0.3) is 0 Å². The minimum atomic E-state index is -3.10. The largest absolute Gasteiger partial charge is 0.394 e. The molecule has 0 bridgehead atoms. The number of allylic oxidation sites excluding steroid dienone is 2. The monoisotopic (exact) mass is 333 g/mol. The molecule has 0 heterocycles. The van der Waals surface area contributed by atoms with Crippen LogP contribution in [0.1, 0.15) is 12.8 Å². The fourth-order valence-corrected chi connectivity index (χ4v) is 2.82. The number of carbonyl (C=O) groups is 1. The van der Waals surface area contributed by atoms with E-state index in [1.807, 2.05) is 6.08 Å². The maximum atomic E-state index is 11.6. The smallest absolute Gasteiger partial charge is 0.242 e. The number of hydrogen-bond donors (Lipinski definition) is 2. The highest BCUT2D eigenvalue weighted by atomic mass is 35.5. The fraction of sp³-hybridized carbons (Fsp3) is 0.500. The molecule has 0 aromatic rings. The van der Waals surface area contributed by atoms with Gasteiger partial charge in [-0.25, -0.2) is 8.42 Å². The zero-order valence-corrected chi connectivity index (χ0v) is 13.4. The lowest BCUT2D eigenvalue weighted by atomic mass is 10.00. The van der Waals surface area contributed by atoms with Crippen molar-refractivity contribution in [3.05, 3.63) is 36.5 Å². The quantitative estimate of drug-likeness (QED) is 0.536. The van der Waals surface area contributed by atoms with Crippen LogP contribution in [0, 0.1) is 0 Å². The molecule has 0 aromatic heterocycles. The predicted octanol–water partition coefficient (Wildman–Crippen LogP) is 0.946. The summed E-state index contributed by atoms with van der Waals surface area (Å²) in [5.74, 6) is -0.417. The average Bonchev–Trinajstić information content (AvgIpc) is 2.45. The van der Waals surface area contributed by atoms with Gasteiger partial charge in [0.05, 0.1) is 17.9 Å². The first-order valence-electron chi connectivity index (χ1n) is 6.52. The zero-order valence-electron chi connectivity index (χ0n) is 11.8. The highest BCUT2D eigenvalue weighted by Gasteiger charge is 2.21. The molecule has 1 rings (SSSR count). The molecule has 0 fully saturated rings. The predicted molar refractivity (Wildman–Crippen MR) is 83.9 cm³/mol. The molecule has 1 amide bonds. The molecule has 0 aromatic carbocycles. The lowest BCUT2D eigenvalue weighted by molar-refractivity contribution is -0.120. The molecule has 2 unspecified atom stereocenters. The van der Waals surface area contributed by atoms with Crippen molar-refractivity contribution < 1.29 is 18.3 Å². The van der Waals surface area contributed by atoms with Crippen LogP contribution in [0.5, 0.6) is 0 Å². The molecule has 5 nitrogen and oxygen atoms in total. The number of sulfone groups is 1. The maximum absolute atomic E-state index is 11.6. The second-order valence-corrected chi connectivity index (χ2v) is 7.71. The number of hydrogen-bond acceptors (Lipinski definition) is 4. The summed E-state index contributed by atoms with van der Waals surface area (Å²) < 4.78 is 22.8. The van der Waals surface area contributed by atoms with Crippen molar-refractivity contribution in [2.24, 2.45) is 0 Å². The summed E-state index contributed by atoms with van der Waals surface area (Å²) in [5.41, 5.74) is 0.874. The molecule has 0 spiro atoms. The first kappa shape index (κ1) is 17.9. The van der Waals surface area contributed by atoms with Gasteiger partial charge in [-0.1, -0.05) is 29.9 Å². The number of rotatable bonds is 7. The molecule has 118 valence electrons. The van der Waals surface area contributed by atoms with E-state index in [1.54, 1.807) is 12.2 Å². The average molecular weight is 334 g/mol. The number of aliphatic hydroxyl groups excluding tert-OH is 1. The summed E-state index contributed by atoms with van der Waals surface area (Å²) in [6.07, 6.45) is 8.49. The Hall–Kier alpha value is -1.11. The van der Waals surface area contributed by atoms with Gasteiger partial charge in [0.15, 0.2) is 9.84 Å². The van der Waals surface area contributed by atoms with E-state index in [0.29, 0.717) is 12.8 Å². The van der Waals surface area contributed by atoms with Crippen molar-refractivity contribution in [2.75, 3.05) is 12.9 Å². The van der Waals surface area contributed by atoms with Gasteiger partial charge >= 0.3 is 0 Å². The second kappa shape index (κ2) is 7.77. The van der Waals surface area contributed by atoms with E-state index in [1.165, 1.54) is 12.3 Å². The topological polar surface area (TPSA) is 83.5 Å². The van der Waals surface area contributed by atoms with E-state index >= 15 is 0 Å². The molecule has 21 heavy (non-hydrogen) atoms. The molecule has 7 heteroatoms. The standard InChI is InChI=1S/C14H20ClNO4S/c1-3-13(15)14(18)16-11(9-17)8-10-4-6-12(7-5-10)21(2,19)20/h3-6,11-13,17H,1,7-9H2,2H3,(H,16,18)/t11-,12?,13?/m0/s1. The summed E-state index contributed by atoms with van der Waals surface area (Å²) in [5, 5.41) is 10.6. The number of nitrogens with one attached hydrogen (secondary N) is 1. The van der Waals surface area contributed by atoms with Crippen LogP contribution in [-0.4, -0.2) is 49.0 Å². The summed E-state index contributed by atoms with van der Waals surface area (Å²) in [6, 6.07) is -0.468. The Balaban J connectivity index is 2.60. The zero-order chi connectivity index (χ0) is 16.0. The molecule has 0 aliphatic heterocycles. The van der Waals surface area contributed by atoms with Crippen LogP contribution >= 0.6 is 11.6 Å². The molecule has 2 N–H and O–H groups in total. The van der Waals surface area contributed by atoms with Crippen LogP contribution in [-0.2, 0) is 14.6 Å². The minimum Gasteiger partial charge on any atom is -0.394 e. The van der Waals surface area contributed by atoms with Crippen LogP contribution < -0.4 is 5.32 Å². The van der Waals surface area contributed by atoms with Crippen molar-refractivity contribution in [3.8, 4) is 0 Å². The highest BCUT2D eigenvalue weighted by Crippen LogP contribution is 2.19. The third kappa shape index (κ3) is 5.65. The van der Waals surface area contributed by atoms with E-state index in [-0.39, 0.29) is 6.61 Å². The number of alkyl halides is 1. The van der Waals surface area contributed by atoms with Gasteiger partial charge in [-0.2, -0.15) is 0 Å². The first-order chi connectivity index (χ1) is 9.77. The second-order valence-electron chi connectivity index (χ2n) is 4.97. The molecule has 3 atom stereocenters. The SMILES string of the molecule is C=CC(Cl)C(=O)N[C@H](CO)CC1=CCC(S(C)(=O)=O)C=C1. The lowest BCUT2D eigenvalue weighted by Gasteiger charge is -2.20. The highest BCUT2D eigenvalue weighted by molar-refractivity contribution is 7.91. The van der Waals surface area contributed by atoms with Crippen LogP contribution in [0.4, 0.5) is 0 Å². The Morgan fingerprint density at radius 1 is 1.67 bits per heavy atom. The molecular formula is C14H20ClNO4S. The summed E-state index contributed by atoms with van der Waals surface area (Å²) in [7, 11) is -3.10. The van der Waals surface area contributed by atoms with Gasteiger partial charge in [0.1, 0.15) is 5.38 Å². The van der Waals surface area contributed by atoms with Gasteiger partial charge in [0, 0.05) is 6.26 Å². The molecule has 0 saturated carbocycles. The molecule has 1 aliphatic carbocycles. The van der Waals surface area contributed by atoms with Crippen LogP contribution in [0.15, 0.2) is 36.5 Å². The van der Waals surface area contributed by atoms with Gasteiger partial charge < -0.3 is 10.4 Å². The summed E-state index contributed by atoms with van der Waals surface area (Å²) in [6.45, 7) is 3.20. The Kier molecular flexibility index (Phi) is 6.64. The molecular weight excluding hydrogens is 314 g/mol. The molecule has 0 saturated heterocycles. The van der Waals surface area contributed by atoms with Gasteiger partial charge in [-0.05, 0) is 12.8 Å². The van der Waals surface area contributed by atoms with Crippen molar-refractivity contribution in [1.82, 2.24) is 5.32 Å². The van der Waals surface area contributed by atoms with Crippen LogP contribution in [0.3, 0.4) is 0 Å². The van der Waals surface area contributed by atoms with E-state index in [4.69, 9.17) is 11.6 Å². The molecule has 1 aliphatic rings.